The molecule has 124 valence electrons. The zero-order valence-electron chi connectivity index (χ0n) is 11.1. The first-order valence-corrected chi connectivity index (χ1v) is 5.78. The molecule has 1 aromatic carbocycles. The maximum absolute atomic E-state index is 13.6. The van der Waals surface area contributed by atoms with E-state index in [1.165, 1.54) is 12.4 Å². The van der Waals surface area contributed by atoms with Gasteiger partial charge in [-0.05, 0) is 6.07 Å². The second kappa shape index (κ2) is 5.56. The van der Waals surface area contributed by atoms with E-state index in [0.29, 0.717) is 0 Å². The summed E-state index contributed by atoms with van der Waals surface area (Å²) >= 11 is 0. The second-order valence-electron chi connectivity index (χ2n) is 4.30. The number of carbonyl (C=O) groups excluding carboxylic acids is 1. The minimum Gasteiger partial charge on any atom is -0.316 e. The summed E-state index contributed by atoms with van der Waals surface area (Å²) in [6.07, 6.45) is -4.50. The Bertz CT molecular complexity index is 753. The molecule has 1 N–H and O–H groups in total. The lowest BCUT2D eigenvalue weighted by Gasteiger charge is -2.14. The number of hydrogen-bond acceptors (Lipinski definition) is 2. The number of halogens is 7. The highest BCUT2D eigenvalue weighted by molar-refractivity contribution is 6.03. The Morgan fingerprint density at radius 1 is 1.09 bits per heavy atom. The van der Waals surface area contributed by atoms with Crippen LogP contribution in [0.4, 0.5) is 36.4 Å². The summed E-state index contributed by atoms with van der Waals surface area (Å²) in [6, 6.07) is 1.11. The van der Waals surface area contributed by atoms with Crippen molar-refractivity contribution in [2.45, 2.75) is 6.18 Å². The first kappa shape index (κ1) is 16.8. The van der Waals surface area contributed by atoms with Crippen LogP contribution in [0.3, 0.4) is 0 Å². The molecule has 0 saturated heterocycles. The number of rotatable bonds is 2. The third-order valence-corrected chi connectivity index (χ3v) is 2.84. The van der Waals surface area contributed by atoms with Crippen molar-refractivity contribution in [3.05, 3.63) is 46.8 Å². The molecule has 0 fully saturated rings. The lowest BCUT2D eigenvalue weighted by atomic mass is 10.1. The van der Waals surface area contributed by atoms with Gasteiger partial charge in [-0.3, -0.25) is 9.48 Å². The molecule has 1 amide bonds. The summed E-state index contributed by atoms with van der Waals surface area (Å²) in [4.78, 5) is 11.7. The summed E-state index contributed by atoms with van der Waals surface area (Å²) < 4.78 is 92.3. The normalized spacial score (nSPS) is 11.7. The molecule has 0 aliphatic carbocycles. The third kappa shape index (κ3) is 2.85. The van der Waals surface area contributed by atoms with Crippen LogP contribution in [-0.2, 0) is 13.2 Å². The van der Waals surface area contributed by atoms with Crippen molar-refractivity contribution in [3.63, 3.8) is 0 Å². The van der Waals surface area contributed by atoms with E-state index in [-0.39, 0.29) is 5.69 Å². The lowest BCUT2D eigenvalue weighted by molar-refractivity contribution is -0.143. The van der Waals surface area contributed by atoms with E-state index in [9.17, 15) is 35.5 Å². The number of benzene rings is 1. The minimum absolute atomic E-state index is 0.246. The SMILES string of the molecule is Cn1nccc1C(=O)Nc1c(F)c(F)c(C(F)(F)F)c(F)c1F. The fraction of sp³-hybridized carbons (Fsp3) is 0.167. The zero-order valence-corrected chi connectivity index (χ0v) is 11.1. The Labute approximate surface area is 123 Å². The van der Waals surface area contributed by atoms with Crippen molar-refractivity contribution in [2.24, 2.45) is 7.05 Å². The standard InChI is InChI=1S/C12H6F7N3O/c1-22-4(2-3-20-22)11(23)21-10-8(15)6(13)5(12(17,18)19)7(14)9(10)16/h2-3H,1H3,(H,21,23). The maximum Gasteiger partial charge on any atom is 0.422 e. The number of hydrogen-bond donors (Lipinski definition) is 1. The number of anilines is 1. The fourth-order valence-electron chi connectivity index (χ4n) is 1.76. The predicted molar refractivity (Wildman–Crippen MR) is 62.4 cm³/mol. The molecular formula is C12H6F7N3O. The smallest absolute Gasteiger partial charge is 0.316 e. The highest BCUT2D eigenvalue weighted by Gasteiger charge is 2.42. The van der Waals surface area contributed by atoms with Crippen LogP contribution >= 0.6 is 0 Å². The van der Waals surface area contributed by atoms with Crippen molar-refractivity contribution in [1.29, 1.82) is 0 Å². The van der Waals surface area contributed by atoms with E-state index in [1.54, 1.807) is 0 Å². The van der Waals surface area contributed by atoms with Gasteiger partial charge in [0.25, 0.3) is 5.91 Å². The lowest BCUT2D eigenvalue weighted by Crippen LogP contribution is -2.21. The first-order chi connectivity index (χ1) is 10.6. The summed E-state index contributed by atoms with van der Waals surface area (Å²) in [5.41, 5.74) is -4.63. The summed E-state index contributed by atoms with van der Waals surface area (Å²) in [7, 11) is 1.29. The van der Waals surface area contributed by atoms with Crippen LogP contribution in [-0.4, -0.2) is 15.7 Å². The monoisotopic (exact) mass is 341 g/mol. The van der Waals surface area contributed by atoms with Gasteiger partial charge in [-0.15, -0.1) is 0 Å². The van der Waals surface area contributed by atoms with Crippen molar-refractivity contribution in [2.75, 3.05) is 5.32 Å². The Balaban J connectivity index is 2.53. The molecule has 1 aromatic heterocycles. The Morgan fingerprint density at radius 3 is 2.00 bits per heavy atom. The molecule has 0 unspecified atom stereocenters. The summed E-state index contributed by atoms with van der Waals surface area (Å²) in [6.45, 7) is 0. The average molecular weight is 341 g/mol. The van der Waals surface area contributed by atoms with E-state index in [4.69, 9.17) is 0 Å². The molecule has 4 nitrogen and oxygen atoms in total. The number of alkyl halides is 3. The number of amides is 1. The largest absolute Gasteiger partial charge is 0.422 e. The van der Waals surface area contributed by atoms with E-state index < -0.39 is 46.6 Å². The van der Waals surface area contributed by atoms with Crippen LogP contribution in [0.5, 0.6) is 0 Å². The molecular weight excluding hydrogens is 335 g/mol. The number of aromatic nitrogens is 2. The van der Waals surface area contributed by atoms with Crippen LogP contribution in [0.1, 0.15) is 16.1 Å². The van der Waals surface area contributed by atoms with Crippen molar-refractivity contribution < 1.29 is 35.5 Å². The quantitative estimate of drug-likeness (QED) is 0.673. The molecule has 0 spiro atoms. The Hall–Kier alpha value is -2.59. The number of aryl methyl sites for hydroxylation is 1. The molecule has 11 heteroatoms. The molecule has 0 aliphatic rings. The summed E-state index contributed by atoms with van der Waals surface area (Å²) in [5.74, 6) is -11.3. The topological polar surface area (TPSA) is 46.9 Å². The minimum atomic E-state index is -5.65. The predicted octanol–water partition coefficient (Wildman–Crippen LogP) is 3.25. The van der Waals surface area contributed by atoms with Gasteiger partial charge in [0, 0.05) is 13.2 Å². The zero-order chi connectivity index (χ0) is 17.5. The molecule has 0 radical (unpaired) electrons. The van der Waals surface area contributed by atoms with Crippen LogP contribution in [0.15, 0.2) is 12.3 Å². The average Bonchev–Trinajstić information content (AvgIpc) is 2.86. The van der Waals surface area contributed by atoms with Crippen LogP contribution in [0.2, 0.25) is 0 Å². The van der Waals surface area contributed by atoms with E-state index >= 15 is 0 Å². The van der Waals surface area contributed by atoms with Gasteiger partial charge in [0.15, 0.2) is 23.3 Å². The number of nitrogens with one attached hydrogen (secondary N) is 1. The van der Waals surface area contributed by atoms with Gasteiger partial charge >= 0.3 is 6.18 Å². The van der Waals surface area contributed by atoms with Crippen molar-refractivity contribution in [1.82, 2.24) is 9.78 Å². The van der Waals surface area contributed by atoms with Gasteiger partial charge in [-0.2, -0.15) is 18.3 Å². The molecule has 1 heterocycles. The molecule has 0 atom stereocenters. The molecule has 2 aromatic rings. The van der Waals surface area contributed by atoms with Gasteiger partial charge < -0.3 is 5.32 Å². The van der Waals surface area contributed by atoms with Crippen molar-refractivity contribution >= 4 is 11.6 Å². The van der Waals surface area contributed by atoms with Gasteiger partial charge in [-0.1, -0.05) is 0 Å². The molecule has 0 bridgehead atoms. The van der Waals surface area contributed by atoms with E-state index in [2.05, 4.69) is 5.10 Å². The number of nitrogens with zero attached hydrogens (tertiary/aromatic N) is 2. The van der Waals surface area contributed by atoms with Crippen molar-refractivity contribution in [3.8, 4) is 0 Å². The Morgan fingerprint density at radius 2 is 1.61 bits per heavy atom. The maximum atomic E-state index is 13.6. The van der Waals surface area contributed by atoms with Crippen LogP contribution in [0.25, 0.3) is 0 Å². The van der Waals surface area contributed by atoms with Gasteiger partial charge in [0.05, 0.1) is 0 Å². The molecule has 23 heavy (non-hydrogen) atoms. The van der Waals surface area contributed by atoms with Crippen LogP contribution in [0, 0.1) is 23.3 Å². The third-order valence-electron chi connectivity index (χ3n) is 2.84. The van der Waals surface area contributed by atoms with E-state index in [1.807, 2.05) is 0 Å². The molecule has 0 saturated carbocycles. The first-order valence-electron chi connectivity index (χ1n) is 5.78. The summed E-state index contributed by atoms with van der Waals surface area (Å²) in [5, 5.41) is 5.06. The van der Waals surface area contributed by atoms with Gasteiger partial charge in [0.1, 0.15) is 16.9 Å². The second-order valence-corrected chi connectivity index (χ2v) is 4.30. The van der Waals surface area contributed by atoms with Gasteiger partial charge in [-0.25, -0.2) is 17.6 Å². The fourth-order valence-corrected chi connectivity index (χ4v) is 1.76. The molecule has 0 aliphatic heterocycles. The molecule has 2 rings (SSSR count). The highest BCUT2D eigenvalue weighted by atomic mass is 19.4. The number of carbonyl (C=O) groups is 1. The van der Waals surface area contributed by atoms with E-state index in [0.717, 1.165) is 16.9 Å². The Kier molecular flexibility index (Phi) is 4.05. The highest BCUT2D eigenvalue weighted by Crippen LogP contribution is 2.38. The van der Waals surface area contributed by atoms with Crippen LogP contribution < -0.4 is 5.32 Å². The van der Waals surface area contributed by atoms with Gasteiger partial charge in [0.2, 0.25) is 0 Å².